The summed E-state index contributed by atoms with van der Waals surface area (Å²) in [4.78, 5) is 39.7. The van der Waals surface area contributed by atoms with Crippen LogP contribution in [-0.2, 0) is 16.6 Å². The lowest BCUT2D eigenvalue weighted by atomic mass is 10.1. The molecule has 0 spiro atoms. The number of carbonyl (C=O) groups is 3. The first-order chi connectivity index (χ1) is 15.2. The summed E-state index contributed by atoms with van der Waals surface area (Å²) in [6, 6.07) is 14.7. The molecule has 2 heterocycles. The van der Waals surface area contributed by atoms with E-state index in [0.29, 0.717) is 32.6 Å². The molecule has 1 aromatic heterocycles. The summed E-state index contributed by atoms with van der Waals surface area (Å²) in [5.41, 5.74) is 1.76. The summed E-state index contributed by atoms with van der Waals surface area (Å²) in [5.74, 6) is -1.39. The van der Waals surface area contributed by atoms with Crippen LogP contribution >= 0.6 is 35.4 Å². The van der Waals surface area contributed by atoms with Gasteiger partial charge in [-0.2, -0.15) is 0 Å². The van der Waals surface area contributed by atoms with Crippen molar-refractivity contribution in [3.63, 3.8) is 0 Å². The molecule has 0 atom stereocenters. The summed E-state index contributed by atoms with van der Waals surface area (Å²) >= 11 is 17.0. The molecule has 1 N–H and O–H groups in total. The molecule has 0 aliphatic carbocycles. The maximum absolute atomic E-state index is 13.1. The van der Waals surface area contributed by atoms with Crippen molar-refractivity contribution in [3.05, 3.63) is 93.2 Å². The van der Waals surface area contributed by atoms with Gasteiger partial charge in [-0.1, -0.05) is 23.2 Å². The van der Waals surface area contributed by atoms with Gasteiger partial charge in [0.05, 0.1) is 5.69 Å². The third-order valence-corrected chi connectivity index (χ3v) is 5.68. The smallest absolute Gasteiger partial charge is 0.270 e. The number of nitrogens with zero attached hydrogens (tertiary/aromatic N) is 2. The van der Waals surface area contributed by atoms with Gasteiger partial charge in [0.25, 0.3) is 11.8 Å². The van der Waals surface area contributed by atoms with E-state index in [1.165, 1.54) is 11.0 Å². The molecular weight excluding hydrogens is 469 g/mol. The number of hydrogen-bond acceptors (Lipinski definition) is 4. The molecule has 160 valence electrons. The fourth-order valence-electron chi connectivity index (χ4n) is 3.25. The Balaban J connectivity index is 1.68. The lowest BCUT2D eigenvalue weighted by molar-refractivity contribution is -0.122. The van der Waals surface area contributed by atoms with Gasteiger partial charge in [0.15, 0.2) is 10.9 Å². The van der Waals surface area contributed by atoms with Crippen molar-refractivity contribution in [3.8, 4) is 0 Å². The molecule has 0 saturated carbocycles. The maximum Gasteiger partial charge on any atom is 0.270 e. The van der Waals surface area contributed by atoms with Crippen LogP contribution in [0.5, 0.6) is 0 Å². The number of thiocarbonyl (C=S) groups is 1. The van der Waals surface area contributed by atoms with Crippen molar-refractivity contribution < 1.29 is 14.4 Å². The Bertz CT molecular complexity index is 1300. The first-order valence-corrected chi connectivity index (χ1v) is 10.5. The average molecular weight is 484 g/mol. The molecular formula is C23H15Cl2N3O3S. The average Bonchev–Trinajstić information content (AvgIpc) is 3.12. The SMILES string of the molecule is Cn1cc(C(=O)c2ccc(Cl)cc2)cc1/C=C1\C(=O)NC(=S)N(c2ccc(Cl)cc2)C1=O. The van der Waals surface area contributed by atoms with Gasteiger partial charge >= 0.3 is 0 Å². The molecule has 6 nitrogen and oxygen atoms in total. The van der Waals surface area contributed by atoms with Gasteiger partial charge in [-0.3, -0.25) is 24.6 Å². The maximum atomic E-state index is 13.1. The molecule has 3 aromatic rings. The number of hydrogen-bond donors (Lipinski definition) is 1. The van der Waals surface area contributed by atoms with Crippen LogP contribution in [0.25, 0.3) is 6.08 Å². The van der Waals surface area contributed by atoms with E-state index in [9.17, 15) is 14.4 Å². The topological polar surface area (TPSA) is 71.4 Å². The minimum atomic E-state index is -0.614. The monoisotopic (exact) mass is 483 g/mol. The Hall–Kier alpha value is -3.26. The van der Waals surface area contributed by atoms with Crippen LogP contribution in [0, 0.1) is 0 Å². The third-order valence-electron chi connectivity index (χ3n) is 4.89. The molecule has 32 heavy (non-hydrogen) atoms. The minimum absolute atomic E-state index is 0.0232. The van der Waals surface area contributed by atoms with Gasteiger partial charge in [-0.25, -0.2) is 0 Å². The molecule has 1 fully saturated rings. The summed E-state index contributed by atoms with van der Waals surface area (Å²) in [7, 11) is 1.72. The fraction of sp³-hybridized carbons (Fsp3) is 0.0435. The molecule has 1 saturated heterocycles. The van der Waals surface area contributed by atoms with Gasteiger partial charge in [0.1, 0.15) is 5.57 Å². The molecule has 1 aliphatic rings. The largest absolute Gasteiger partial charge is 0.350 e. The Morgan fingerprint density at radius 3 is 2.19 bits per heavy atom. The summed E-state index contributed by atoms with van der Waals surface area (Å²) in [6.45, 7) is 0. The number of aromatic nitrogens is 1. The van der Waals surface area contributed by atoms with Crippen LogP contribution < -0.4 is 10.2 Å². The standard InChI is InChI=1S/C23H15Cl2N3O3S/c1-27-12-14(20(29)13-2-4-15(24)5-3-13)10-18(27)11-19-21(30)26-23(32)28(22(19)31)17-8-6-16(25)7-9-17/h2-12H,1H3,(H,26,30,32)/b19-11+. The number of amides is 2. The molecule has 1 aliphatic heterocycles. The zero-order chi connectivity index (χ0) is 23.0. The van der Waals surface area contributed by atoms with Gasteiger partial charge in [0, 0.05) is 40.1 Å². The highest BCUT2D eigenvalue weighted by molar-refractivity contribution is 7.80. The van der Waals surface area contributed by atoms with Gasteiger partial charge < -0.3 is 4.57 Å². The normalized spacial score (nSPS) is 15.3. The van der Waals surface area contributed by atoms with E-state index in [1.807, 2.05) is 0 Å². The minimum Gasteiger partial charge on any atom is -0.350 e. The van der Waals surface area contributed by atoms with E-state index in [4.69, 9.17) is 35.4 Å². The third kappa shape index (κ3) is 4.23. The van der Waals surface area contributed by atoms with Crippen molar-refractivity contribution in [2.24, 2.45) is 7.05 Å². The van der Waals surface area contributed by atoms with Crippen LogP contribution in [0.1, 0.15) is 21.6 Å². The molecule has 9 heteroatoms. The summed E-state index contributed by atoms with van der Waals surface area (Å²) in [5, 5.41) is 3.55. The highest BCUT2D eigenvalue weighted by Gasteiger charge is 2.34. The van der Waals surface area contributed by atoms with E-state index < -0.39 is 11.8 Å². The van der Waals surface area contributed by atoms with E-state index in [0.717, 1.165) is 0 Å². The van der Waals surface area contributed by atoms with E-state index >= 15 is 0 Å². The molecule has 0 radical (unpaired) electrons. The van der Waals surface area contributed by atoms with Gasteiger partial charge in [-0.15, -0.1) is 0 Å². The van der Waals surface area contributed by atoms with Crippen molar-refractivity contribution in [2.75, 3.05) is 4.90 Å². The number of anilines is 1. The number of halogens is 2. The van der Waals surface area contributed by atoms with Crippen LogP contribution in [0.3, 0.4) is 0 Å². The molecule has 0 unspecified atom stereocenters. The summed E-state index contributed by atoms with van der Waals surface area (Å²) < 4.78 is 1.66. The number of ketones is 1. The number of nitrogens with one attached hydrogen (secondary N) is 1. The Morgan fingerprint density at radius 2 is 1.56 bits per heavy atom. The van der Waals surface area contributed by atoms with Crippen LogP contribution in [0.15, 0.2) is 66.4 Å². The van der Waals surface area contributed by atoms with Crippen LogP contribution in [0.4, 0.5) is 5.69 Å². The predicted octanol–water partition coefficient (Wildman–Crippen LogP) is 4.39. The van der Waals surface area contributed by atoms with Gasteiger partial charge in [-0.05, 0) is 72.9 Å². The van der Waals surface area contributed by atoms with E-state index in [2.05, 4.69) is 5.32 Å². The fourth-order valence-corrected chi connectivity index (χ4v) is 3.78. The second-order valence-corrected chi connectivity index (χ2v) is 8.29. The van der Waals surface area contributed by atoms with E-state index in [1.54, 1.807) is 72.4 Å². The Morgan fingerprint density at radius 1 is 0.969 bits per heavy atom. The first-order valence-electron chi connectivity index (χ1n) is 9.38. The van der Waals surface area contributed by atoms with Gasteiger partial charge in [0.2, 0.25) is 0 Å². The highest BCUT2D eigenvalue weighted by Crippen LogP contribution is 2.24. The molecule has 4 rings (SSSR count). The zero-order valence-electron chi connectivity index (χ0n) is 16.6. The molecule has 2 aromatic carbocycles. The molecule has 0 bridgehead atoms. The second-order valence-electron chi connectivity index (χ2n) is 7.03. The lowest BCUT2D eigenvalue weighted by Gasteiger charge is -2.28. The summed E-state index contributed by atoms with van der Waals surface area (Å²) in [6.07, 6.45) is 3.07. The Kier molecular flexibility index (Phi) is 5.97. The Labute approximate surface area is 199 Å². The number of aryl methyl sites for hydroxylation is 1. The van der Waals surface area contributed by atoms with Crippen molar-refractivity contribution in [2.45, 2.75) is 0 Å². The quantitative estimate of drug-likeness (QED) is 0.258. The number of carbonyl (C=O) groups excluding carboxylic acids is 3. The van der Waals surface area contributed by atoms with Crippen LogP contribution in [-0.4, -0.2) is 27.3 Å². The predicted molar refractivity (Wildman–Crippen MR) is 128 cm³/mol. The van der Waals surface area contributed by atoms with Crippen LogP contribution in [0.2, 0.25) is 10.0 Å². The first kappa shape index (κ1) is 22.0. The lowest BCUT2D eigenvalue weighted by Crippen LogP contribution is -2.54. The zero-order valence-corrected chi connectivity index (χ0v) is 19.0. The second kappa shape index (κ2) is 8.70. The van der Waals surface area contributed by atoms with Crippen molar-refractivity contribution >= 4 is 69.9 Å². The van der Waals surface area contributed by atoms with Crippen molar-refractivity contribution in [1.82, 2.24) is 9.88 Å². The van der Waals surface area contributed by atoms with E-state index in [-0.39, 0.29) is 16.5 Å². The highest BCUT2D eigenvalue weighted by atomic mass is 35.5. The number of benzene rings is 2. The number of rotatable bonds is 4. The molecule has 2 amide bonds. The van der Waals surface area contributed by atoms with Crippen molar-refractivity contribution in [1.29, 1.82) is 0 Å².